The van der Waals surface area contributed by atoms with Gasteiger partial charge in [0.05, 0.1) is 23.9 Å². The molecule has 3 heterocycles. The minimum absolute atomic E-state index is 0.0833. The van der Waals surface area contributed by atoms with Crippen LogP contribution in [0.3, 0.4) is 0 Å². The second-order valence-electron chi connectivity index (χ2n) is 7.86. The highest BCUT2D eigenvalue weighted by Crippen LogP contribution is 2.40. The summed E-state index contributed by atoms with van der Waals surface area (Å²) in [6.07, 6.45) is 0.985. The van der Waals surface area contributed by atoms with Crippen molar-refractivity contribution in [3.8, 4) is 0 Å². The van der Waals surface area contributed by atoms with Crippen molar-refractivity contribution in [1.82, 2.24) is 14.4 Å². The first kappa shape index (κ1) is 18.4. The fourth-order valence-electron chi connectivity index (χ4n) is 4.87. The molecule has 0 bridgehead atoms. The molecule has 3 aromatic rings. The molecule has 0 N–H and O–H groups in total. The number of nitrogens with zero attached hydrogens (tertiary/aromatic N) is 3. The standard InChI is InChI=1S/C24H27N3O2/c1-2-29-15-14-26-17-22-23-20(12-13-25(22)16-18-8-4-3-5-9-18)19-10-6-7-11-21(19)27(23)24(26)28/h3-11,22H,2,12-17H2,1H3. The van der Waals surface area contributed by atoms with E-state index in [-0.39, 0.29) is 12.1 Å². The number of rotatable bonds is 6. The molecule has 0 aliphatic carbocycles. The number of fused-ring (bicyclic) bond motifs is 3. The van der Waals surface area contributed by atoms with Gasteiger partial charge in [-0.3, -0.25) is 9.47 Å². The molecule has 0 saturated carbocycles. The second kappa shape index (κ2) is 7.65. The normalized spacial score (nSPS) is 19.0. The Labute approximate surface area is 171 Å². The molecule has 2 aliphatic rings. The van der Waals surface area contributed by atoms with Crippen molar-refractivity contribution in [2.24, 2.45) is 0 Å². The smallest absolute Gasteiger partial charge is 0.329 e. The van der Waals surface area contributed by atoms with Gasteiger partial charge < -0.3 is 9.64 Å². The number of aromatic nitrogens is 1. The van der Waals surface area contributed by atoms with Gasteiger partial charge in [-0.2, -0.15) is 0 Å². The molecule has 0 saturated heterocycles. The van der Waals surface area contributed by atoms with Crippen LogP contribution in [0.5, 0.6) is 0 Å². The van der Waals surface area contributed by atoms with E-state index in [0.717, 1.165) is 31.6 Å². The molecule has 0 spiro atoms. The summed E-state index contributed by atoms with van der Waals surface area (Å²) in [6.45, 7) is 6.51. The van der Waals surface area contributed by atoms with Crippen molar-refractivity contribution in [2.45, 2.75) is 25.9 Å². The average molecular weight is 389 g/mol. The van der Waals surface area contributed by atoms with E-state index < -0.39 is 0 Å². The van der Waals surface area contributed by atoms with E-state index in [1.54, 1.807) is 0 Å². The lowest BCUT2D eigenvalue weighted by Crippen LogP contribution is -2.51. The molecule has 1 atom stereocenters. The number of para-hydroxylation sites is 1. The summed E-state index contributed by atoms with van der Waals surface area (Å²) in [5.41, 5.74) is 4.91. The Bertz CT molecular complexity index is 1030. The minimum Gasteiger partial charge on any atom is -0.380 e. The second-order valence-corrected chi connectivity index (χ2v) is 7.86. The van der Waals surface area contributed by atoms with Gasteiger partial charge in [0.1, 0.15) is 0 Å². The Hall–Kier alpha value is -2.63. The van der Waals surface area contributed by atoms with Crippen molar-refractivity contribution in [3.63, 3.8) is 0 Å². The quantitative estimate of drug-likeness (QED) is 0.597. The average Bonchev–Trinajstić information content (AvgIpc) is 3.09. The maximum Gasteiger partial charge on any atom is 0.329 e. The third-order valence-electron chi connectivity index (χ3n) is 6.22. The SMILES string of the molecule is CCOCCN1CC2c3c(c4ccccc4n3C1=O)CCN2Cc1ccccc1. The number of hydrogen-bond acceptors (Lipinski definition) is 3. The minimum atomic E-state index is 0.0833. The zero-order chi connectivity index (χ0) is 19.8. The van der Waals surface area contributed by atoms with Gasteiger partial charge in [-0.1, -0.05) is 48.5 Å². The van der Waals surface area contributed by atoms with Crippen LogP contribution in [0.15, 0.2) is 54.6 Å². The molecule has 5 heteroatoms. The number of hydrogen-bond donors (Lipinski definition) is 0. The van der Waals surface area contributed by atoms with E-state index in [1.807, 2.05) is 22.5 Å². The van der Waals surface area contributed by atoms with Gasteiger partial charge in [-0.25, -0.2) is 4.79 Å². The van der Waals surface area contributed by atoms with Crippen molar-refractivity contribution in [3.05, 3.63) is 71.4 Å². The zero-order valence-corrected chi connectivity index (χ0v) is 16.9. The van der Waals surface area contributed by atoms with E-state index in [4.69, 9.17) is 4.74 Å². The maximum absolute atomic E-state index is 13.4. The molecule has 150 valence electrons. The molecule has 1 aromatic heterocycles. The Balaban J connectivity index is 1.56. The molecule has 5 rings (SSSR count). The van der Waals surface area contributed by atoms with Crippen LogP contribution in [-0.2, 0) is 17.7 Å². The van der Waals surface area contributed by atoms with Crippen LogP contribution in [0.1, 0.15) is 29.8 Å². The topological polar surface area (TPSA) is 37.7 Å². The molecule has 0 radical (unpaired) electrons. The number of benzene rings is 2. The van der Waals surface area contributed by atoms with Crippen molar-refractivity contribution < 1.29 is 9.53 Å². The third-order valence-corrected chi connectivity index (χ3v) is 6.22. The summed E-state index contributed by atoms with van der Waals surface area (Å²) in [7, 11) is 0. The van der Waals surface area contributed by atoms with E-state index in [9.17, 15) is 4.79 Å². The van der Waals surface area contributed by atoms with Gasteiger partial charge in [-0.15, -0.1) is 0 Å². The Kier molecular flexibility index (Phi) is 4.86. The molecule has 1 amide bonds. The van der Waals surface area contributed by atoms with Crippen molar-refractivity contribution in [2.75, 3.05) is 32.8 Å². The summed E-state index contributed by atoms with van der Waals surface area (Å²) in [4.78, 5) is 17.9. The van der Waals surface area contributed by atoms with E-state index >= 15 is 0 Å². The predicted molar refractivity (Wildman–Crippen MR) is 114 cm³/mol. The molecule has 0 fully saturated rings. The highest BCUT2D eigenvalue weighted by molar-refractivity contribution is 5.96. The van der Waals surface area contributed by atoms with Gasteiger partial charge in [0.25, 0.3) is 0 Å². The van der Waals surface area contributed by atoms with Crippen LogP contribution < -0.4 is 0 Å². The summed E-state index contributed by atoms with van der Waals surface area (Å²) in [6, 6.07) is 19.3. The van der Waals surface area contributed by atoms with Gasteiger partial charge in [0.15, 0.2) is 0 Å². The first-order valence-corrected chi connectivity index (χ1v) is 10.5. The lowest BCUT2D eigenvalue weighted by Gasteiger charge is -2.43. The first-order chi connectivity index (χ1) is 14.3. The fourth-order valence-corrected chi connectivity index (χ4v) is 4.87. The summed E-state index contributed by atoms with van der Waals surface area (Å²) in [5, 5.41) is 1.23. The third kappa shape index (κ3) is 3.15. The molecular formula is C24H27N3O2. The van der Waals surface area contributed by atoms with Gasteiger partial charge in [0, 0.05) is 38.2 Å². The Morgan fingerprint density at radius 2 is 1.86 bits per heavy atom. The predicted octanol–water partition coefficient (Wildman–Crippen LogP) is 4.06. The lowest BCUT2D eigenvalue weighted by molar-refractivity contribution is 0.0822. The van der Waals surface area contributed by atoms with Gasteiger partial charge >= 0.3 is 6.03 Å². The zero-order valence-electron chi connectivity index (χ0n) is 16.9. The van der Waals surface area contributed by atoms with Crippen LogP contribution in [0, 0.1) is 0 Å². The monoisotopic (exact) mass is 389 g/mol. The molecule has 29 heavy (non-hydrogen) atoms. The highest BCUT2D eigenvalue weighted by atomic mass is 16.5. The molecular weight excluding hydrogens is 362 g/mol. The number of carbonyl (C=O) groups excluding carboxylic acids is 1. The van der Waals surface area contributed by atoms with Crippen molar-refractivity contribution in [1.29, 1.82) is 0 Å². The first-order valence-electron chi connectivity index (χ1n) is 10.5. The van der Waals surface area contributed by atoms with Crippen LogP contribution in [0.2, 0.25) is 0 Å². The van der Waals surface area contributed by atoms with Gasteiger partial charge in [-0.05, 0) is 30.5 Å². The van der Waals surface area contributed by atoms with E-state index in [2.05, 4.69) is 53.4 Å². The molecule has 1 unspecified atom stereocenters. The number of carbonyl (C=O) groups is 1. The fraction of sp³-hybridized carbons (Fsp3) is 0.375. The summed E-state index contributed by atoms with van der Waals surface area (Å²) >= 11 is 0. The molecule has 5 nitrogen and oxygen atoms in total. The van der Waals surface area contributed by atoms with Crippen molar-refractivity contribution >= 4 is 16.9 Å². The molecule has 2 aromatic carbocycles. The maximum atomic E-state index is 13.4. The summed E-state index contributed by atoms with van der Waals surface area (Å²) in [5.74, 6) is 0. The van der Waals surface area contributed by atoms with Gasteiger partial charge in [0.2, 0.25) is 0 Å². The Morgan fingerprint density at radius 3 is 2.69 bits per heavy atom. The lowest BCUT2D eigenvalue weighted by atomic mass is 9.95. The van der Waals surface area contributed by atoms with E-state index in [1.165, 1.54) is 22.2 Å². The van der Waals surface area contributed by atoms with Crippen LogP contribution in [-0.4, -0.2) is 53.2 Å². The Morgan fingerprint density at radius 1 is 1.07 bits per heavy atom. The number of ether oxygens (including phenoxy) is 1. The number of amides is 1. The summed E-state index contributed by atoms with van der Waals surface area (Å²) < 4.78 is 7.53. The van der Waals surface area contributed by atoms with E-state index in [0.29, 0.717) is 19.8 Å². The van der Waals surface area contributed by atoms with Crippen LogP contribution >= 0.6 is 0 Å². The highest BCUT2D eigenvalue weighted by Gasteiger charge is 2.40. The largest absolute Gasteiger partial charge is 0.380 e. The van der Waals surface area contributed by atoms with Crippen LogP contribution in [0.25, 0.3) is 10.9 Å². The van der Waals surface area contributed by atoms with Crippen LogP contribution in [0.4, 0.5) is 4.79 Å². The molecule has 2 aliphatic heterocycles.